The molecule has 0 fully saturated rings. The predicted molar refractivity (Wildman–Crippen MR) is 87.9 cm³/mol. The van der Waals surface area contributed by atoms with E-state index < -0.39 is 0 Å². The van der Waals surface area contributed by atoms with Crippen LogP contribution in [0.3, 0.4) is 0 Å². The summed E-state index contributed by atoms with van der Waals surface area (Å²) >= 11 is 0. The van der Waals surface area contributed by atoms with Crippen molar-refractivity contribution in [1.29, 1.82) is 0 Å². The van der Waals surface area contributed by atoms with Gasteiger partial charge in [-0.2, -0.15) is 0 Å². The molecule has 0 aliphatic carbocycles. The van der Waals surface area contributed by atoms with Crippen molar-refractivity contribution >= 4 is 5.57 Å². The zero-order valence-electron chi connectivity index (χ0n) is 12.8. The number of imidazole rings is 1. The average molecular weight is 279 g/mol. The number of hydrogen-bond acceptors (Lipinski definition) is 2. The molecule has 108 valence electrons. The molecule has 0 aliphatic rings. The molecular formula is C18H21N3. The predicted octanol–water partition coefficient (Wildman–Crippen LogP) is 4.42. The van der Waals surface area contributed by atoms with Crippen LogP contribution in [-0.4, -0.2) is 14.5 Å². The number of rotatable bonds is 5. The first-order valence-electron chi connectivity index (χ1n) is 7.03. The molecule has 0 aliphatic heterocycles. The van der Waals surface area contributed by atoms with Crippen molar-refractivity contribution in [3.63, 3.8) is 0 Å². The molecule has 1 atom stereocenters. The Bertz CT molecular complexity index is 642. The zero-order chi connectivity index (χ0) is 15.2. The molecule has 0 saturated heterocycles. The van der Waals surface area contributed by atoms with Gasteiger partial charge in [0.05, 0.1) is 18.1 Å². The van der Waals surface area contributed by atoms with Crippen LogP contribution in [0.25, 0.3) is 5.57 Å². The van der Waals surface area contributed by atoms with Gasteiger partial charge in [0.1, 0.15) is 0 Å². The van der Waals surface area contributed by atoms with Crippen molar-refractivity contribution in [3.8, 4) is 0 Å². The third kappa shape index (κ3) is 3.78. The minimum atomic E-state index is 0.176. The van der Waals surface area contributed by atoms with Crippen LogP contribution in [0.5, 0.6) is 0 Å². The molecule has 2 heterocycles. The second kappa shape index (κ2) is 6.84. The molecule has 0 N–H and O–H groups in total. The Morgan fingerprint density at radius 3 is 2.62 bits per heavy atom. The fraction of sp³-hybridized carbons (Fsp3) is 0.222. The normalized spacial score (nSPS) is 12.8. The second-order valence-electron chi connectivity index (χ2n) is 5.23. The molecule has 3 nitrogen and oxygen atoms in total. The lowest BCUT2D eigenvalue weighted by Crippen LogP contribution is -2.06. The van der Waals surface area contributed by atoms with Gasteiger partial charge in [-0.15, -0.1) is 0 Å². The van der Waals surface area contributed by atoms with Gasteiger partial charge >= 0.3 is 0 Å². The largest absolute Gasteiger partial charge is 0.329 e. The topological polar surface area (TPSA) is 30.7 Å². The molecule has 2 aromatic heterocycles. The van der Waals surface area contributed by atoms with E-state index in [2.05, 4.69) is 61.6 Å². The van der Waals surface area contributed by atoms with Crippen LogP contribution in [0.4, 0.5) is 0 Å². The lowest BCUT2D eigenvalue weighted by molar-refractivity contribution is 0.620. The second-order valence-corrected chi connectivity index (χ2v) is 5.23. The van der Waals surface area contributed by atoms with Crippen molar-refractivity contribution in [2.24, 2.45) is 0 Å². The van der Waals surface area contributed by atoms with Crippen LogP contribution in [0.15, 0.2) is 67.4 Å². The van der Waals surface area contributed by atoms with Gasteiger partial charge in [-0.3, -0.25) is 4.98 Å². The van der Waals surface area contributed by atoms with Crippen molar-refractivity contribution in [1.82, 2.24) is 14.5 Å². The zero-order valence-corrected chi connectivity index (χ0v) is 12.8. The van der Waals surface area contributed by atoms with E-state index >= 15 is 0 Å². The molecule has 0 aromatic carbocycles. The minimum Gasteiger partial charge on any atom is -0.329 e. The van der Waals surface area contributed by atoms with E-state index in [1.54, 1.807) is 6.20 Å². The molecule has 0 bridgehead atoms. The molecule has 1 unspecified atom stereocenters. The summed E-state index contributed by atoms with van der Waals surface area (Å²) < 4.78 is 2.04. The Balaban J connectivity index is 2.24. The lowest BCUT2D eigenvalue weighted by Gasteiger charge is -2.13. The van der Waals surface area contributed by atoms with Crippen molar-refractivity contribution < 1.29 is 0 Å². The Labute approximate surface area is 126 Å². The van der Waals surface area contributed by atoms with E-state index in [-0.39, 0.29) is 6.04 Å². The molecule has 3 heteroatoms. The average Bonchev–Trinajstić information content (AvgIpc) is 3.02. The number of hydrogen-bond donors (Lipinski definition) is 0. The standard InChI is InChI=1S/C18H21N3/c1-5-16(7-6-14(2)3)17-8-9-18(20-12-17)15(4)21-11-10-19-13-21/h5-13,15H,1H2,2-4H3/b16-7+. The first-order valence-corrected chi connectivity index (χ1v) is 7.03. The maximum Gasteiger partial charge on any atom is 0.0952 e. The highest BCUT2D eigenvalue weighted by Crippen LogP contribution is 2.19. The highest BCUT2D eigenvalue weighted by molar-refractivity contribution is 5.74. The summed E-state index contributed by atoms with van der Waals surface area (Å²) in [6.45, 7) is 10.1. The third-order valence-corrected chi connectivity index (χ3v) is 3.34. The van der Waals surface area contributed by atoms with Crippen LogP contribution in [-0.2, 0) is 0 Å². The van der Waals surface area contributed by atoms with Crippen LogP contribution in [0.1, 0.15) is 38.1 Å². The third-order valence-electron chi connectivity index (χ3n) is 3.34. The van der Waals surface area contributed by atoms with Gasteiger partial charge in [-0.1, -0.05) is 36.4 Å². The SMILES string of the molecule is C=C/C(=C\C=C(C)C)c1ccc(C(C)n2ccnc2)nc1. The molecule has 0 amide bonds. The highest BCUT2D eigenvalue weighted by atomic mass is 15.1. The van der Waals surface area contributed by atoms with Crippen LogP contribution < -0.4 is 0 Å². The van der Waals surface area contributed by atoms with Gasteiger partial charge in [-0.05, 0) is 38.0 Å². The fourth-order valence-electron chi connectivity index (χ4n) is 2.01. The summed E-state index contributed by atoms with van der Waals surface area (Å²) in [6.07, 6.45) is 13.4. The van der Waals surface area contributed by atoms with Gasteiger partial charge in [0.15, 0.2) is 0 Å². The molecule has 0 saturated carbocycles. The van der Waals surface area contributed by atoms with E-state index in [9.17, 15) is 0 Å². The van der Waals surface area contributed by atoms with Crippen molar-refractivity contribution in [3.05, 3.63) is 78.7 Å². The van der Waals surface area contributed by atoms with E-state index in [0.717, 1.165) is 16.8 Å². The Morgan fingerprint density at radius 2 is 2.10 bits per heavy atom. The maximum absolute atomic E-state index is 4.57. The minimum absolute atomic E-state index is 0.176. The summed E-state index contributed by atoms with van der Waals surface area (Å²) in [4.78, 5) is 8.65. The van der Waals surface area contributed by atoms with Crippen LogP contribution in [0.2, 0.25) is 0 Å². The smallest absolute Gasteiger partial charge is 0.0952 e. The van der Waals surface area contributed by atoms with Crippen molar-refractivity contribution in [2.75, 3.05) is 0 Å². The highest BCUT2D eigenvalue weighted by Gasteiger charge is 2.08. The molecule has 2 aromatic rings. The summed E-state index contributed by atoms with van der Waals surface area (Å²) in [7, 11) is 0. The Hall–Kier alpha value is -2.42. The summed E-state index contributed by atoms with van der Waals surface area (Å²) in [5.74, 6) is 0. The van der Waals surface area contributed by atoms with Gasteiger partial charge in [0.25, 0.3) is 0 Å². The summed E-state index contributed by atoms with van der Waals surface area (Å²) in [6, 6.07) is 4.32. The quantitative estimate of drug-likeness (QED) is 0.758. The summed E-state index contributed by atoms with van der Waals surface area (Å²) in [5.41, 5.74) is 4.42. The molecular weight excluding hydrogens is 258 g/mol. The van der Waals surface area contributed by atoms with Gasteiger partial charge < -0.3 is 4.57 Å². The van der Waals surface area contributed by atoms with E-state index in [4.69, 9.17) is 0 Å². The fourth-order valence-corrected chi connectivity index (χ4v) is 2.01. The first kappa shape index (κ1) is 15.0. The Kier molecular flexibility index (Phi) is 4.88. The van der Waals surface area contributed by atoms with Gasteiger partial charge in [-0.25, -0.2) is 4.98 Å². The monoisotopic (exact) mass is 279 g/mol. The number of allylic oxidation sites excluding steroid dienone is 5. The maximum atomic E-state index is 4.57. The molecule has 21 heavy (non-hydrogen) atoms. The molecule has 0 spiro atoms. The van der Waals surface area contributed by atoms with E-state index in [0.29, 0.717) is 0 Å². The Morgan fingerprint density at radius 1 is 1.29 bits per heavy atom. The number of aromatic nitrogens is 3. The van der Waals surface area contributed by atoms with Gasteiger partial charge in [0, 0.05) is 18.6 Å². The van der Waals surface area contributed by atoms with Crippen LogP contribution in [0, 0.1) is 0 Å². The van der Waals surface area contributed by atoms with Crippen molar-refractivity contribution in [2.45, 2.75) is 26.8 Å². The first-order chi connectivity index (χ1) is 10.1. The lowest BCUT2D eigenvalue weighted by atomic mass is 10.1. The number of nitrogens with zero attached hydrogens (tertiary/aromatic N) is 3. The van der Waals surface area contributed by atoms with E-state index in [1.807, 2.05) is 29.4 Å². The van der Waals surface area contributed by atoms with Gasteiger partial charge in [0.2, 0.25) is 0 Å². The molecule has 0 radical (unpaired) electrons. The van der Waals surface area contributed by atoms with E-state index in [1.165, 1.54) is 5.57 Å². The summed E-state index contributed by atoms with van der Waals surface area (Å²) in [5, 5.41) is 0. The molecule has 2 rings (SSSR count). The number of pyridine rings is 1. The van der Waals surface area contributed by atoms with Crippen LogP contribution >= 0.6 is 0 Å².